The zero-order chi connectivity index (χ0) is 12.3. The molecule has 0 N–H and O–H groups in total. The van der Waals surface area contributed by atoms with E-state index in [1.165, 1.54) is 0 Å². The number of benzene rings is 1. The van der Waals surface area contributed by atoms with Crippen LogP contribution in [0.1, 0.15) is 6.92 Å². The molecule has 0 spiro atoms. The second kappa shape index (κ2) is 5.34. The van der Waals surface area contributed by atoms with Crippen molar-refractivity contribution in [1.82, 2.24) is 9.97 Å². The summed E-state index contributed by atoms with van der Waals surface area (Å²) in [6.07, 6.45) is 1.63. The van der Waals surface area contributed by atoms with Crippen LogP contribution in [0.15, 0.2) is 36.5 Å². The summed E-state index contributed by atoms with van der Waals surface area (Å²) in [4.78, 5) is 10.0. The smallest absolute Gasteiger partial charge is 0.224 e. The van der Waals surface area contributed by atoms with Crippen molar-refractivity contribution in [2.75, 3.05) is 11.4 Å². The minimum absolute atomic E-state index is 0.230. The van der Waals surface area contributed by atoms with Gasteiger partial charge in [-0.2, -0.15) is 0 Å². The maximum absolute atomic E-state index is 6.17. The van der Waals surface area contributed by atoms with Gasteiger partial charge in [-0.25, -0.2) is 9.97 Å². The Kier molecular flexibility index (Phi) is 3.82. The number of para-hydroxylation sites is 1. The van der Waals surface area contributed by atoms with Crippen LogP contribution in [0.2, 0.25) is 10.3 Å². The number of aromatic nitrogens is 2. The van der Waals surface area contributed by atoms with Crippen LogP contribution in [-0.4, -0.2) is 16.5 Å². The summed E-state index contributed by atoms with van der Waals surface area (Å²) in [6, 6.07) is 9.43. The van der Waals surface area contributed by atoms with E-state index in [0.29, 0.717) is 5.02 Å². The molecule has 2 rings (SSSR count). The molecule has 0 atom stereocenters. The maximum atomic E-state index is 6.17. The highest BCUT2D eigenvalue weighted by atomic mass is 35.5. The van der Waals surface area contributed by atoms with Gasteiger partial charge in [0.2, 0.25) is 5.28 Å². The molecule has 0 aliphatic carbocycles. The molecule has 0 radical (unpaired) electrons. The molecule has 0 aliphatic rings. The quantitative estimate of drug-likeness (QED) is 0.789. The van der Waals surface area contributed by atoms with Gasteiger partial charge in [0.1, 0.15) is 5.82 Å². The first-order valence-electron chi connectivity index (χ1n) is 5.23. The second-order valence-corrected chi connectivity index (χ2v) is 4.12. The second-order valence-electron chi connectivity index (χ2n) is 3.38. The number of hydrogen-bond donors (Lipinski definition) is 0. The number of halogens is 2. The Morgan fingerprint density at radius 1 is 1.18 bits per heavy atom. The lowest BCUT2D eigenvalue weighted by atomic mass is 10.3. The highest BCUT2D eigenvalue weighted by molar-refractivity contribution is 6.33. The fourth-order valence-electron chi connectivity index (χ4n) is 1.60. The largest absolute Gasteiger partial charge is 0.325 e. The standard InChI is InChI=1S/C12H11Cl2N3/c1-2-17(10-6-4-3-5-9(10)13)11-7-8-15-12(14)16-11/h3-8H,2H2,1H3. The van der Waals surface area contributed by atoms with E-state index in [0.717, 1.165) is 18.1 Å². The van der Waals surface area contributed by atoms with Crippen LogP contribution in [0.3, 0.4) is 0 Å². The SMILES string of the molecule is CCN(c1ccnc(Cl)n1)c1ccccc1Cl. The van der Waals surface area contributed by atoms with Gasteiger partial charge in [-0.05, 0) is 36.7 Å². The summed E-state index contributed by atoms with van der Waals surface area (Å²) >= 11 is 12.0. The van der Waals surface area contributed by atoms with Crippen LogP contribution in [0.4, 0.5) is 11.5 Å². The van der Waals surface area contributed by atoms with Crippen molar-refractivity contribution in [2.45, 2.75) is 6.92 Å². The minimum Gasteiger partial charge on any atom is -0.325 e. The van der Waals surface area contributed by atoms with Crippen molar-refractivity contribution in [3.63, 3.8) is 0 Å². The molecule has 0 amide bonds. The minimum atomic E-state index is 0.230. The van der Waals surface area contributed by atoms with Gasteiger partial charge in [0.25, 0.3) is 0 Å². The number of hydrogen-bond acceptors (Lipinski definition) is 3. The molecule has 1 heterocycles. The van der Waals surface area contributed by atoms with Crippen LogP contribution in [-0.2, 0) is 0 Å². The molecule has 1 aromatic carbocycles. The number of rotatable bonds is 3. The van der Waals surface area contributed by atoms with E-state index in [4.69, 9.17) is 23.2 Å². The maximum Gasteiger partial charge on any atom is 0.224 e. The highest BCUT2D eigenvalue weighted by Crippen LogP contribution is 2.30. The van der Waals surface area contributed by atoms with Gasteiger partial charge in [0.05, 0.1) is 10.7 Å². The van der Waals surface area contributed by atoms with E-state index in [-0.39, 0.29) is 5.28 Å². The van der Waals surface area contributed by atoms with Gasteiger partial charge >= 0.3 is 0 Å². The first-order valence-corrected chi connectivity index (χ1v) is 5.98. The highest BCUT2D eigenvalue weighted by Gasteiger charge is 2.11. The van der Waals surface area contributed by atoms with Crippen LogP contribution in [0.25, 0.3) is 0 Å². The Morgan fingerprint density at radius 3 is 2.59 bits per heavy atom. The van der Waals surface area contributed by atoms with Crippen molar-refractivity contribution in [3.05, 3.63) is 46.8 Å². The first kappa shape index (κ1) is 12.1. The van der Waals surface area contributed by atoms with Crippen molar-refractivity contribution < 1.29 is 0 Å². The predicted molar refractivity (Wildman–Crippen MR) is 71.2 cm³/mol. The van der Waals surface area contributed by atoms with Gasteiger partial charge in [-0.3, -0.25) is 0 Å². The van der Waals surface area contributed by atoms with Crippen molar-refractivity contribution in [2.24, 2.45) is 0 Å². The summed E-state index contributed by atoms with van der Waals surface area (Å²) in [5, 5.41) is 0.914. The summed E-state index contributed by atoms with van der Waals surface area (Å²) in [5.41, 5.74) is 0.909. The van der Waals surface area contributed by atoms with E-state index in [9.17, 15) is 0 Å². The van der Waals surface area contributed by atoms with Crippen LogP contribution < -0.4 is 4.90 Å². The van der Waals surface area contributed by atoms with E-state index >= 15 is 0 Å². The van der Waals surface area contributed by atoms with E-state index < -0.39 is 0 Å². The first-order chi connectivity index (χ1) is 8.22. The molecule has 0 fully saturated rings. The lowest BCUT2D eigenvalue weighted by Crippen LogP contribution is -2.17. The molecule has 3 nitrogen and oxygen atoms in total. The zero-order valence-corrected chi connectivity index (χ0v) is 10.8. The number of nitrogens with zero attached hydrogens (tertiary/aromatic N) is 3. The molecule has 88 valence electrons. The average Bonchev–Trinajstić information content (AvgIpc) is 2.33. The third kappa shape index (κ3) is 2.68. The third-order valence-corrected chi connectivity index (χ3v) is 2.85. The fourth-order valence-corrected chi connectivity index (χ4v) is 1.98. The normalized spacial score (nSPS) is 10.3. The van der Waals surface area contributed by atoms with Gasteiger partial charge in [-0.15, -0.1) is 0 Å². The van der Waals surface area contributed by atoms with E-state index in [1.54, 1.807) is 12.3 Å². The lowest BCUT2D eigenvalue weighted by Gasteiger charge is -2.22. The number of anilines is 2. The Labute approximate surface area is 110 Å². The molecule has 17 heavy (non-hydrogen) atoms. The van der Waals surface area contributed by atoms with Crippen LogP contribution >= 0.6 is 23.2 Å². The Balaban J connectivity index is 2.44. The van der Waals surface area contributed by atoms with Crippen LogP contribution in [0.5, 0.6) is 0 Å². The zero-order valence-electron chi connectivity index (χ0n) is 9.27. The van der Waals surface area contributed by atoms with Crippen molar-refractivity contribution in [3.8, 4) is 0 Å². The molecule has 0 saturated heterocycles. The monoisotopic (exact) mass is 267 g/mol. The van der Waals surface area contributed by atoms with Gasteiger partial charge in [-0.1, -0.05) is 23.7 Å². The van der Waals surface area contributed by atoms with Gasteiger partial charge in [0.15, 0.2) is 0 Å². The Bertz CT molecular complexity index is 517. The molecule has 1 aromatic heterocycles. The topological polar surface area (TPSA) is 29.0 Å². The molecular formula is C12H11Cl2N3. The summed E-state index contributed by atoms with van der Waals surface area (Å²) in [5.74, 6) is 0.737. The van der Waals surface area contributed by atoms with Crippen LogP contribution in [0, 0.1) is 0 Å². The van der Waals surface area contributed by atoms with Crippen molar-refractivity contribution in [1.29, 1.82) is 0 Å². The molecule has 0 saturated carbocycles. The molecule has 5 heteroatoms. The van der Waals surface area contributed by atoms with E-state index in [2.05, 4.69) is 9.97 Å². The van der Waals surface area contributed by atoms with Crippen molar-refractivity contribution >= 4 is 34.7 Å². The molecule has 0 bridgehead atoms. The van der Waals surface area contributed by atoms with E-state index in [1.807, 2.05) is 36.1 Å². The fraction of sp³-hybridized carbons (Fsp3) is 0.167. The summed E-state index contributed by atoms with van der Waals surface area (Å²) < 4.78 is 0. The van der Waals surface area contributed by atoms with Gasteiger partial charge < -0.3 is 4.90 Å². The molecule has 0 unspecified atom stereocenters. The predicted octanol–water partition coefficient (Wildman–Crippen LogP) is 3.94. The Hall–Kier alpha value is -1.32. The lowest BCUT2D eigenvalue weighted by molar-refractivity contribution is 0.976. The summed E-state index contributed by atoms with van der Waals surface area (Å²) in [6.45, 7) is 2.77. The van der Waals surface area contributed by atoms with Gasteiger partial charge in [0, 0.05) is 12.7 Å². The molecule has 0 aliphatic heterocycles. The summed E-state index contributed by atoms with van der Waals surface area (Å²) in [7, 11) is 0. The average molecular weight is 268 g/mol. The Morgan fingerprint density at radius 2 is 1.94 bits per heavy atom. The molecule has 2 aromatic rings. The molecular weight excluding hydrogens is 257 g/mol. The third-order valence-electron chi connectivity index (χ3n) is 2.35.